The van der Waals surface area contributed by atoms with Crippen LogP contribution in [-0.4, -0.2) is 53.2 Å². The summed E-state index contributed by atoms with van der Waals surface area (Å²) in [6.07, 6.45) is -3.57. The van der Waals surface area contributed by atoms with E-state index >= 15 is 0 Å². The number of hydrogen-bond donors (Lipinski definition) is 1. The highest BCUT2D eigenvalue weighted by Crippen LogP contribution is 2.51. The van der Waals surface area contributed by atoms with Crippen molar-refractivity contribution in [2.45, 2.75) is 77.2 Å². The number of carbonyl (C=O) groups excluding carboxylic acids is 2. The molecule has 2 aliphatic rings. The van der Waals surface area contributed by atoms with Crippen LogP contribution in [0.2, 0.25) is 0 Å². The van der Waals surface area contributed by atoms with Gasteiger partial charge in [0.2, 0.25) is 5.91 Å². The number of carbonyl (C=O) groups is 3. The van der Waals surface area contributed by atoms with Gasteiger partial charge >= 0.3 is 18.2 Å². The van der Waals surface area contributed by atoms with Gasteiger partial charge in [0.1, 0.15) is 24.5 Å². The Bertz CT molecular complexity index is 1330. The Balaban J connectivity index is 1.43. The van der Waals surface area contributed by atoms with E-state index < -0.39 is 40.7 Å². The summed E-state index contributed by atoms with van der Waals surface area (Å²) in [4.78, 5) is 39.4. The first-order valence-electron chi connectivity index (χ1n) is 13.5. The molecule has 0 spiro atoms. The van der Waals surface area contributed by atoms with Crippen LogP contribution in [-0.2, 0) is 38.9 Å². The lowest BCUT2D eigenvalue weighted by Gasteiger charge is -2.28. The summed E-state index contributed by atoms with van der Waals surface area (Å²) in [5, 5.41) is 9.05. The van der Waals surface area contributed by atoms with Gasteiger partial charge in [-0.3, -0.25) is 14.5 Å². The van der Waals surface area contributed by atoms with Gasteiger partial charge in [-0.05, 0) is 86.4 Å². The maximum absolute atomic E-state index is 13.7. The van der Waals surface area contributed by atoms with Crippen molar-refractivity contribution in [3.05, 3.63) is 58.7 Å². The zero-order valence-corrected chi connectivity index (χ0v) is 23.6. The molecule has 1 saturated carbocycles. The minimum atomic E-state index is -4.45. The fourth-order valence-corrected chi connectivity index (χ4v) is 4.83. The third-order valence-electron chi connectivity index (χ3n) is 7.27. The molecule has 0 aromatic heterocycles. The Morgan fingerprint density at radius 3 is 2.39 bits per heavy atom. The van der Waals surface area contributed by atoms with Gasteiger partial charge < -0.3 is 19.5 Å². The number of hydrogen-bond acceptors (Lipinski definition) is 5. The fraction of sp³-hybridized carbons (Fsp3) is 0.500. The zero-order valence-electron chi connectivity index (χ0n) is 23.6. The molecule has 11 heteroatoms. The van der Waals surface area contributed by atoms with Crippen LogP contribution in [0.3, 0.4) is 0 Å². The lowest BCUT2D eigenvalue weighted by Crippen LogP contribution is -2.45. The van der Waals surface area contributed by atoms with Crippen molar-refractivity contribution in [1.82, 2.24) is 4.90 Å². The first kappa shape index (κ1) is 30.2. The third kappa shape index (κ3) is 7.51. The Morgan fingerprint density at radius 1 is 1.07 bits per heavy atom. The molecule has 0 unspecified atom stereocenters. The maximum atomic E-state index is 13.7. The molecule has 0 atom stereocenters. The first-order chi connectivity index (χ1) is 19.1. The molecule has 2 aromatic rings. The van der Waals surface area contributed by atoms with Crippen LogP contribution in [0.15, 0.2) is 36.4 Å². The second kappa shape index (κ2) is 11.3. The Morgan fingerprint density at radius 2 is 1.78 bits per heavy atom. The average Bonchev–Trinajstić information content (AvgIpc) is 3.47. The second-order valence-corrected chi connectivity index (χ2v) is 11.9. The molecular formula is C30H35F3N2O6. The summed E-state index contributed by atoms with van der Waals surface area (Å²) in [5.41, 5.74) is 0.322. The van der Waals surface area contributed by atoms with E-state index in [1.165, 1.54) is 4.90 Å². The molecule has 1 N–H and O–H groups in total. The summed E-state index contributed by atoms with van der Waals surface area (Å²) >= 11 is 0. The van der Waals surface area contributed by atoms with E-state index in [1.54, 1.807) is 51.1 Å². The van der Waals surface area contributed by atoms with Crippen LogP contribution in [0.5, 0.6) is 5.75 Å². The van der Waals surface area contributed by atoms with E-state index in [1.807, 2.05) is 6.92 Å². The number of carboxylic acids is 1. The van der Waals surface area contributed by atoms with E-state index in [4.69, 9.17) is 14.6 Å². The fourth-order valence-electron chi connectivity index (χ4n) is 4.83. The lowest BCUT2D eigenvalue weighted by atomic mass is 9.91. The largest absolute Gasteiger partial charge is 0.489 e. The Hall–Kier alpha value is -3.76. The molecule has 4 rings (SSSR count). The quantitative estimate of drug-likeness (QED) is 0.397. The highest BCUT2D eigenvalue weighted by molar-refractivity contribution is 5.98. The van der Waals surface area contributed by atoms with Gasteiger partial charge in [0.25, 0.3) is 0 Å². The van der Waals surface area contributed by atoms with Crippen molar-refractivity contribution in [2.24, 2.45) is 0 Å². The van der Waals surface area contributed by atoms with Crippen LogP contribution in [0.1, 0.15) is 69.2 Å². The minimum absolute atomic E-state index is 0.0457. The normalized spacial score (nSPS) is 15.7. The molecule has 222 valence electrons. The predicted octanol–water partition coefficient (Wildman–Crippen LogP) is 5.94. The van der Waals surface area contributed by atoms with Crippen LogP contribution in [0, 0.1) is 0 Å². The second-order valence-electron chi connectivity index (χ2n) is 11.9. The lowest BCUT2D eigenvalue weighted by molar-refractivity contribution is -0.139. The van der Waals surface area contributed by atoms with Gasteiger partial charge in [-0.25, -0.2) is 4.79 Å². The molecule has 1 aliphatic heterocycles. The van der Waals surface area contributed by atoms with Crippen LogP contribution in [0.4, 0.5) is 23.7 Å². The Labute approximate surface area is 237 Å². The van der Waals surface area contributed by atoms with E-state index in [0.29, 0.717) is 35.5 Å². The first-order valence-corrected chi connectivity index (χ1v) is 13.5. The predicted molar refractivity (Wildman–Crippen MR) is 145 cm³/mol. The van der Waals surface area contributed by atoms with Crippen molar-refractivity contribution < 1.29 is 42.1 Å². The summed E-state index contributed by atoms with van der Waals surface area (Å²) in [5.74, 6) is -1.03. The summed E-state index contributed by atoms with van der Waals surface area (Å²) < 4.78 is 52.4. The minimum Gasteiger partial charge on any atom is -0.489 e. The van der Waals surface area contributed by atoms with E-state index in [-0.39, 0.29) is 26.1 Å². The highest BCUT2D eigenvalue weighted by atomic mass is 19.4. The van der Waals surface area contributed by atoms with Crippen molar-refractivity contribution in [1.29, 1.82) is 0 Å². The number of benzene rings is 2. The Kier molecular flexibility index (Phi) is 8.29. The molecule has 0 radical (unpaired) electrons. The molecule has 41 heavy (non-hydrogen) atoms. The standard InChI is InChI=1S/C30H35F3N2O6/c1-28(2,3)41-27(39)34(13-10-26(37)38)17-25(36)35-14-9-20-16-21(6-8-24(20)35)40-18-19-5-7-22(29(4)11-12-29)23(15-19)30(31,32)33/h5-8,15-16H,9-14,17-18H2,1-4H3,(H,37,38). The molecule has 1 heterocycles. The molecule has 0 bridgehead atoms. The van der Waals surface area contributed by atoms with Gasteiger partial charge in [0, 0.05) is 18.8 Å². The molecule has 0 saturated heterocycles. The highest BCUT2D eigenvalue weighted by Gasteiger charge is 2.45. The van der Waals surface area contributed by atoms with Crippen LogP contribution >= 0.6 is 0 Å². The molecule has 8 nitrogen and oxygen atoms in total. The van der Waals surface area contributed by atoms with E-state index in [0.717, 1.165) is 29.4 Å². The van der Waals surface area contributed by atoms with Crippen molar-refractivity contribution in [2.75, 3.05) is 24.5 Å². The molecule has 2 amide bonds. The number of ether oxygens (including phenoxy) is 2. The molecular weight excluding hydrogens is 541 g/mol. The van der Waals surface area contributed by atoms with Crippen molar-refractivity contribution in [3.63, 3.8) is 0 Å². The number of nitrogens with zero attached hydrogens (tertiary/aromatic N) is 2. The molecule has 1 aliphatic carbocycles. The number of aliphatic carboxylic acids is 1. The zero-order chi connectivity index (χ0) is 30.2. The monoisotopic (exact) mass is 576 g/mol. The van der Waals surface area contributed by atoms with Crippen molar-refractivity contribution >= 4 is 23.7 Å². The number of carboxylic acid groups (broad SMARTS) is 1. The summed E-state index contributed by atoms with van der Waals surface area (Å²) in [7, 11) is 0. The number of alkyl halides is 3. The number of amides is 2. The van der Waals surface area contributed by atoms with Gasteiger partial charge in [-0.1, -0.05) is 19.1 Å². The SMILES string of the molecule is CC(C)(C)OC(=O)N(CCC(=O)O)CC(=O)N1CCc2cc(OCc3ccc(C4(C)CC4)c(C(F)(F)F)c3)ccc21. The number of halogens is 3. The van der Waals surface area contributed by atoms with Gasteiger partial charge in [0.05, 0.1) is 12.0 Å². The molecule has 2 aromatic carbocycles. The topological polar surface area (TPSA) is 96.4 Å². The van der Waals surface area contributed by atoms with Gasteiger partial charge in [-0.15, -0.1) is 0 Å². The van der Waals surface area contributed by atoms with Gasteiger partial charge in [0.15, 0.2) is 0 Å². The van der Waals surface area contributed by atoms with Gasteiger partial charge in [-0.2, -0.15) is 13.2 Å². The van der Waals surface area contributed by atoms with Crippen molar-refractivity contribution in [3.8, 4) is 5.75 Å². The average molecular weight is 577 g/mol. The number of rotatable bonds is 9. The molecule has 1 fully saturated rings. The summed E-state index contributed by atoms with van der Waals surface area (Å²) in [6, 6.07) is 9.48. The summed E-state index contributed by atoms with van der Waals surface area (Å²) in [6.45, 7) is 6.66. The van der Waals surface area contributed by atoms with E-state index in [2.05, 4.69) is 0 Å². The number of fused-ring (bicyclic) bond motifs is 1. The third-order valence-corrected chi connectivity index (χ3v) is 7.27. The van der Waals surface area contributed by atoms with Crippen LogP contribution < -0.4 is 9.64 Å². The smallest absolute Gasteiger partial charge is 0.416 e. The maximum Gasteiger partial charge on any atom is 0.416 e. The van der Waals surface area contributed by atoms with Crippen LogP contribution in [0.25, 0.3) is 0 Å². The number of anilines is 1. The van der Waals surface area contributed by atoms with E-state index in [9.17, 15) is 27.6 Å².